The molecular formula is C14H12N4OS. The number of hydrogen-bond acceptors (Lipinski definition) is 5. The van der Waals surface area contributed by atoms with Gasteiger partial charge in [0.05, 0.1) is 22.7 Å². The van der Waals surface area contributed by atoms with E-state index < -0.39 is 0 Å². The van der Waals surface area contributed by atoms with Crippen LogP contribution in [0.1, 0.15) is 11.4 Å². The van der Waals surface area contributed by atoms with Gasteiger partial charge in [-0.25, -0.2) is 9.50 Å². The summed E-state index contributed by atoms with van der Waals surface area (Å²) in [5.41, 5.74) is 2.08. The third-order valence-electron chi connectivity index (χ3n) is 2.95. The zero-order chi connectivity index (χ0) is 13.9. The quantitative estimate of drug-likeness (QED) is 0.738. The normalized spacial score (nSPS) is 10.8. The molecule has 20 heavy (non-hydrogen) atoms. The third kappa shape index (κ3) is 2.18. The van der Waals surface area contributed by atoms with Gasteiger partial charge in [0.2, 0.25) is 0 Å². The number of ether oxygens (including phenoxy) is 1. The number of aromatic nitrogens is 3. The maximum absolute atomic E-state index is 9.19. The molecule has 3 aromatic heterocycles. The fourth-order valence-electron chi connectivity index (χ4n) is 2.00. The molecule has 3 rings (SSSR count). The zero-order valence-electron chi connectivity index (χ0n) is 10.9. The first-order valence-electron chi connectivity index (χ1n) is 6.15. The number of thiophene rings is 1. The Hall–Kier alpha value is -2.23. The van der Waals surface area contributed by atoms with Crippen molar-refractivity contribution < 1.29 is 4.74 Å². The molecule has 0 aromatic carbocycles. The van der Waals surface area contributed by atoms with Crippen molar-refractivity contribution in [2.75, 3.05) is 13.7 Å². The van der Waals surface area contributed by atoms with Crippen molar-refractivity contribution in [3.63, 3.8) is 0 Å². The van der Waals surface area contributed by atoms with E-state index in [2.05, 4.69) is 16.2 Å². The van der Waals surface area contributed by atoms with Gasteiger partial charge in [-0.1, -0.05) is 6.07 Å². The number of methoxy groups -OCH3 is 1. The Kier molecular flexibility index (Phi) is 3.46. The molecule has 0 spiro atoms. The first-order chi connectivity index (χ1) is 9.83. The molecule has 0 bridgehead atoms. The van der Waals surface area contributed by atoms with Crippen LogP contribution in [0.5, 0.6) is 0 Å². The summed E-state index contributed by atoms with van der Waals surface area (Å²) in [6, 6.07) is 9.88. The molecule has 3 heterocycles. The van der Waals surface area contributed by atoms with E-state index in [0.29, 0.717) is 30.1 Å². The van der Waals surface area contributed by atoms with Gasteiger partial charge in [-0.3, -0.25) is 0 Å². The van der Waals surface area contributed by atoms with Crippen LogP contribution in [0.25, 0.3) is 16.2 Å². The fraction of sp³-hybridized carbons (Fsp3) is 0.214. The van der Waals surface area contributed by atoms with Gasteiger partial charge in [0, 0.05) is 13.5 Å². The lowest BCUT2D eigenvalue weighted by atomic mass is 10.2. The highest BCUT2D eigenvalue weighted by molar-refractivity contribution is 7.13. The Balaban J connectivity index is 2.18. The lowest BCUT2D eigenvalue weighted by Gasteiger charge is -2.01. The van der Waals surface area contributed by atoms with E-state index in [4.69, 9.17) is 4.74 Å². The Morgan fingerprint density at radius 1 is 1.40 bits per heavy atom. The number of fused-ring (bicyclic) bond motifs is 1. The van der Waals surface area contributed by atoms with Crippen molar-refractivity contribution in [1.82, 2.24) is 14.6 Å². The van der Waals surface area contributed by atoms with Crippen molar-refractivity contribution in [3.8, 4) is 16.6 Å². The molecular weight excluding hydrogens is 272 g/mol. The van der Waals surface area contributed by atoms with Gasteiger partial charge >= 0.3 is 0 Å². The van der Waals surface area contributed by atoms with E-state index in [1.54, 1.807) is 29.0 Å². The zero-order valence-corrected chi connectivity index (χ0v) is 11.7. The third-order valence-corrected chi connectivity index (χ3v) is 3.84. The molecule has 0 aliphatic rings. The maximum atomic E-state index is 9.19. The summed E-state index contributed by atoms with van der Waals surface area (Å²) in [5.74, 6) is 0.687. The van der Waals surface area contributed by atoms with Gasteiger partial charge in [-0.2, -0.15) is 10.4 Å². The van der Waals surface area contributed by atoms with E-state index >= 15 is 0 Å². The van der Waals surface area contributed by atoms with E-state index in [1.807, 2.05) is 23.6 Å². The fourth-order valence-corrected chi connectivity index (χ4v) is 2.74. The van der Waals surface area contributed by atoms with Gasteiger partial charge in [0.1, 0.15) is 6.07 Å². The van der Waals surface area contributed by atoms with Crippen molar-refractivity contribution in [3.05, 3.63) is 41.0 Å². The van der Waals surface area contributed by atoms with Crippen LogP contribution in [0.15, 0.2) is 29.6 Å². The Morgan fingerprint density at radius 2 is 2.30 bits per heavy atom. The molecule has 0 radical (unpaired) electrons. The van der Waals surface area contributed by atoms with E-state index in [0.717, 1.165) is 10.6 Å². The Labute approximate surface area is 120 Å². The average molecular weight is 284 g/mol. The predicted octanol–water partition coefficient (Wildman–Crippen LogP) is 2.52. The number of pyridine rings is 1. The highest BCUT2D eigenvalue weighted by atomic mass is 32.1. The van der Waals surface area contributed by atoms with E-state index in [1.165, 1.54) is 0 Å². The minimum absolute atomic E-state index is 0.529. The second kappa shape index (κ2) is 5.41. The molecule has 0 atom stereocenters. The summed E-state index contributed by atoms with van der Waals surface area (Å²) in [4.78, 5) is 5.55. The second-order valence-electron chi connectivity index (χ2n) is 4.23. The van der Waals surface area contributed by atoms with Crippen molar-refractivity contribution in [2.24, 2.45) is 0 Å². The monoisotopic (exact) mass is 284 g/mol. The molecule has 0 saturated heterocycles. The van der Waals surface area contributed by atoms with Crippen LogP contribution in [0.3, 0.4) is 0 Å². The molecule has 0 saturated carbocycles. The number of nitrogens with zero attached hydrogens (tertiary/aromatic N) is 4. The lowest BCUT2D eigenvalue weighted by Crippen LogP contribution is -1.98. The molecule has 0 amide bonds. The van der Waals surface area contributed by atoms with Crippen LogP contribution in [0.2, 0.25) is 0 Å². The summed E-state index contributed by atoms with van der Waals surface area (Å²) >= 11 is 1.64. The minimum atomic E-state index is 0.529. The second-order valence-corrected chi connectivity index (χ2v) is 5.18. The smallest absolute Gasteiger partial charge is 0.174 e. The van der Waals surface area contributed by atoms with Gasteiger partial charge in [-0.15, -0.1) is 11.3 Å². The molecule has 5 nitrogen and oxygen atoms in total. The maximum Gasteiger partial charge on any atom is 0.174 e. The molecule has 3 aromatic rings. The van der Waals surface area contributed by atoms with Crippen LogP contribution < -0.4 is 0 Å². The molecule has 6 heteroatoms. The Morgan fingerprint density at radius 3 is 3.00 bits per heavy atom. The van der Waals surface area contributed by atoms with Gasteiger partial charge < -0.3 is 4.74 Å². The van der Waals surface area contributed by atoms with Crippen LogP contribution >= 0.6 is 11.3 Å². The highest BCUT2D eigenvalue weighted by Gasteiger charge is 2.13. The number of rotatable bonds is 4. The van der Waals surface area contributed by atoms with Crippen molar-refractivity contribution in [1.29, 1.82) is 5.26 Å². The van der Waals surface area contributed by atoms with Crippen molar-refractivity contribution >= 4 is 17.0 Å². The molecule has 0 aliphatic carbocycles. The number of nitriles is 1. The van der Waals surface area contributed by atoms with Crippen molar-refractivity contribution in [2.45, 2.75) is 6.42 Å². The SMILES string of the molecule is COCCc1nc2c(C#N)ccc(-c3cccs3)n2n1. The van der Waals surface area contributed by atoms with Crippen LogP contribution in [0, 0.1) is 11.3 Å². The summed E-state index contributed by atoms with van der Waals surface area (Å²) < 4.78 is 6.79. The molecule has 0 N–H and O–H groups in total. The van der Waals surface area contributed by atoms with Gasteiger partial charge in [-0.05, 0) is 23.6 Å². The molecule has 100 valence electrons. The molecule has 0 fully saturated rings. The largest absolute Gasteiger partial charge is 0.384 e. The minimum Gasteiger partial charge on any atom is -0.384 e. The van der Waals surface area contributed by atoms with Crippen LogP contribution in [-0.4, -0.2) is 28.3 Å². The van der Waals surface area contributed by atoms with Crippen LogP contribution in [-0.2, 0) is 11.2 Å². The van der Waals surface area contributed by atoms with E-state index in [-0.39, 0.29) is 0 Å². The standard InChI is InChI=1S/C14H12N4OS/c1-19-7-6-13-16-14-10(9-15)4-5-11(18(14)17-13)12-3-2-8-20-12/h2-5,8H,6-7H2,1H3. The first-order valence-corrected chi connectivity index (χ1v) is 7.03. The van der Waals surface area contributed by atoms with Gasteiger partial charge in [0.15, 0.2) is 11.5 Å². The van der Waals surface area contributed by atoms with E-state index in [9.17, 15) is 5.26 Å². The summed E-state index contributed by atoms with van der Waals surface area (Å²) in [5, 5.41) is 15.7. The predicted molar refractivity (Wildman–Crippen MR) is 76.6 cm³/mol. The molecule has 0 aliphatic heterocycles. The summed E-state index contributed by atoms with van der Waals surface area (Å²) in [6.45, 7) is 0.563. The lowest BCUT2D eigenvalue weighted by molar-refractivity contribution is 0.200. The van der Waals surface area contributed by atoms with Crippen LogP contribution in [0.4, 0.5) is 0 Å². The summed E-state index contributed by atoms with van der Waals surface area (Å²) in [6.07, 6.45) is 0.632. The Bertz CT molecular complexity index is 770. The van der Waals surface area contributed by atoms with Gasteiger partial charge in [0.25, 0.3) is 0 Å². The summed E-state index contributed by atoms with van der Waals surface area (Å²) in [7, 11) is 1.65. The average Bonchev–Trinajstić information content (AvgIpc) is 3.13. The number of hydrogen-bond donors (Lipinski definition) is 0. The first kappa shape index (κ1) is 12.8. The molecule has 0 unspecified atom stereocenters. The topological polar surface area (TPSA) is 63.2 Å². The highest BCUT2D eigenvalue weighted by Crippen LogP contribution is 2.26.